The van der Waals surface area contributed by atoms with Crippen molar-refractivity contribution in [3.05, 3.63) is 48.9 Å². The Balaban J connectivity index is 1.93. The topological polar surface area (TPSA) is 67.3 Å². The van der Waals surface area contributed by atoms with Crippen LogP contribution in [0.2, 0.25) is 0 Å². The summed E-state index contributed by atoms with van der Waals surface area (Å²) in [6, 6.07) is 9.66. The van der Waals surface area contributed by atoms with Crippen LogP contribution in [0.3, 0.4) is 0 Å². The van der Waals surface area contributed by atoms with Gasteiger partial charge >= 0.3 is 0 Å². The molecule has 3 aromatic heterocycles. The van der Waals surface area contributed by atoms with E-state index in [2.05, 4.69) is 24.9 Å². The van der Waals surface area contributed by atoms with E-state index in [1.54, 1.807) is 18.6 Å². The second-order valence-corrected chi connectivity index (χ2v) is 4.22. The van der Waals surface area contributed by atoms with Crippen molar-refractivity contribution in [1.82, 2.24) is 24.9 Å². The molecule has 19 heavy (non-hydrogen) atoms. The summed E-state index contributed by atoms with van der Waals surface area (Å²) in [6.45, 7) is 0. The smallest absolute Gasteiger partial charge is 0.158 e. The highest BCUT2D eigenvalue weighted by Crippen LogP contribution is 2.19. The van der Waals surface area contributed by atoms with Crippen molar-refractivity contribution in [2.45, 2.75) is 0 Å². The maximum absolute atomic E-state index is 4.56. The first-order chi connectivity index (χ1) is 9.40. The van der Waals surface area contributed by atoms with Gasteiger partial charge < -0.3 is 4.98 Å². The second kappa shape index (κ2) is 3.84. The molecule has 0 aliphatic rings. The van der Waals surface area contributed by atoms with Crippen LogP contribution in [0.25, 0.3) is 33.6 Å². The Morgan fingerprint density at radius 1 is 0.842 bits per heavy atom. The van der Waals surface area contributed by atoms with Crippen LogP contribution in [0.5, 0.6) is 0 Å². The zero-order chi connectivity index (χ0) is 12.7. The van der Waals surface area contributed by atoms with Crippen LogP contribution in [0.4, 0.5) is 0 Å². The first kappa shape index (κ1) is 10.1. The number of hydrogen-bond donors (Lipinski definition) is 1. The molecular weight excluding hydrogens is 238 g/mol. The van der Waals surface area contributed by atoms with E-state index in [0.29, 0.717) is 5.82 Å². The van der Waals surface area contributed by atoms with Crippen molar-refractivity contribution in [2.75, 3.05) is 0 Å². The third kappa shape index (κ3) is 1.63. The summed E-state index contributed by atoms with van der Waals surface area (Å²) in [5.74, 6) is 0.709. The molecule has 0 radical (unpaired) electrons. The predicted octanol–water partition coefficient (Wildman–Crippen LogP) is 2.57. The van der Waals surface area contributed by atoms with Gasteiger partial charge in [0.1, 0.15) is 11.2 Å². The third-order valence-corrected chi connectivity index (χ3v) is 2.98. The Bertz CT molecular complexity index is 848. The quantitative estimate of drug-likeness (QED) is 0.561. The summed E-state index contributed by atoms with van der Waals surface area (Å²) >= 11 is 0. The highest BCUT2D eigenvalue weighted by molar-refractivity contribution is 5.80. The molecule has 0 spiro atoms. The highest BCUT2D eigenvalue weighted by Gasteiger charge is 2.07. The fourth-order valence-electron chi connectivity index (χ4n) is 2.05. The largest absolute Gasteiger partial charge is 0.336 e. The van der Waals surface area contributed by atoms with E-state index in [9.17, 15) is 0 Å². The number of nitrogens with zero attached hydrogens (tertiary/aromatic N) is 4. The number of pyridine rings is 1. The molecule has 1 aromatic carbocycles. The molecule has 0 fully saturated rings. The van der Waals surface area contributed by atoms with Gasteiger partial charge in [-0.15, -0.1) is 0 Å². The average Bonchev–Trinajstić information content (AvgIpc) is 2.90. The number of hydrogen-bond acceptors (Lipinski definition) is 4. The highest BCUT2D eigenvalue weighted by atomic mass is 15.0. The van der Waals surface area contributed by atoms with Gasteiger partial charge in [0.2, 0.25) is 0 Å². The van der Waals surface area contributed by atoms with Crippen LogP contribution in [0, 0.1) is 0 Å². The monoisotopic (exact) mass is 247 g/mol. The number of aromatic amines is 1. The zero-order valence-corrected chi connectivity index (χ0v) is 9.91. The molecular formula is C14H9N5. The van der Waals surface area contributed by atoms with Crippen LogP contribution in [-0.2, 0) is 0 Å². The maximum Gasteiger partial charge on any atom is 0.158 e. The lowest BCUT2D eigenvalue weighted by molar-refractivity contribution is 1.22. The number of rotatable bonds is 1. The predicted molar refractivity (Wildman–Crippen MR) is 72.4 cm³/mol. The van der Waals surface area contributed by atoms with E-state index < -0.39 is 0 Å². The van der Waals surface area contributed by atoms with Gasteiger partial charge in [0, 0.05) is 6.20 Å². The van der Waals surface area contributed by atoms with E-state index in [1.807, 2.05) is 30.3 Å². The number of para-hydroxylation sites is 2. The van der Waals surface area contributed by atoms with Gasteiger partial charge in [0.15, 0.2) is 5.82 Å². The lowest BCUT2D eigenvalue weighted by Crippen LogP contribution is -1.89. The Hall–Kier alpha value is -2.82. The van der Waals surface area contributed by atoms with Crippen LogP contribution < -0.4 is 0 Å². The second-order valence-electron chi connectivity index (χ2n) is 4.22. The summed E-state index contributed by atoms with van der Waals surface area (Å²) in [5.41, 5.74) is 4.24. The van der Waals surface area contributed by atoms with Crippen molar-refractivity contribution in [3.8, 4) is 11.5 Å². The van der Waals surface area contributed by atoms with Crippen molar-refractivity contribution in [1.29, 1.82) is 0 Å². The van der Waals surface area contributed by atoms with Gasteiger partial charge in [-0.2, -0.15) is 0 Å². The minimum absolute atomic E-state index is 0.709. The molecule has 5 nitrogen and oxygen atoms in total. The standard InChI is InChI=1S/C14H9N5/c1-2-4-10-9(3-1)16-8-13(17-10)14-18-11-5-6-15-7-12(11)19-14/h1-8H,(H,18,19). The van der Waals surface area contributed by atoms with Crippen molar-refractivity contribution in [2.24, 2.45) is 0 Å². The molecule has 0 unspecified atom stereocenters. The summed E-state index contributed by atoms with van der Waals surface area (Å²) < 4.78 is 0. The molecule has 4 rings (SSSR count). The molecule has 3 heterocycles. The van der Waals surface area contributed by atoms with E-state index in [4.69, 9.17) is 0 Å². The minimum Gasteiger partial charge on any atom is -0.336 e. The van der Waals surface area contributed by atoms with Crippen LogP contribution >= 0.6 is 0 Å². The molecule has 0 atom stereocenters. The normalized spacial score (nSPS) is 11.2. The molecule has 0 saturated carbocycles. The first-order valence-electron chi connectivity index (χ1n) is 5.92. The number of imidazole rings is 1. The maximum atomic E-state index is 4.56. The van der Waals surface area contributed by atoms with E-state index in [1.165, 1.54) is 0 Å². The molecule has 0 bridgehead atoms. The minimum atomic E-state index is 0.709. The summed E-state index contributed by atoms with van der Waals surface area (Å²) in [4.78, 5) is 20.7. The van der Waals surface area contributed by atoms with Gasteiger partial charge in [0.25, 0.3) is 0 Å². The fourth-order valence-corrected chi connectivity index (χ4v) is 2.05. The average molecular weight is 247 g/mol. The number of nitrogens with one attached hydrogen (secondary N) is 1. The lowest BCUT2D eigenvalue weighted by Gasteiger charge is -1.98. The van der Waals surface area contributed by atoms with Gasteiger partial charge in [-0.25, -0.2) is 9.97 Å². The van der Waals surface area contributed by atoms with Gasteiger partial charge in [-0.05, 0) is 18.2 Å². The van der Waals surface area contributed by atoms with Crippen molar-refractivity contribution >= 4 is 22.1 Å². The number of benzene rings is 1. The summed E-state index contributed by atoms with van der Waals surface area (Å²) in [7, 11) is 0. The van der Waals surface area contributed by atoms with Gasteiger partial charge in [-0.3, -0.25) is 9.97 Å². The van der Waals surface area contributed by atoms with E-state index >= 15 is 0 Å². The molecule has 5 heteroatoms. The Kier molecular flexibility index (Phi) is 2.05. The number of fused-ring (bicyclic) bond motifs is 2. The molecule has 0 aliphatic carbocycles. The lowest BCUT2D eigenvalue weighted by atomic mass is 10.3. The Labute approximate surface area is 108 Å². The summed E-state index contributed by atoms with van der Waals surface area (Å²) in [6.07, 6.45) is 5.19. The van der Waals surface area contributed by atoms with E-state index in [0.717, 1.165) is 27.8 Å². The molecule has 0 amide bonds. The Morgan fingerprint density at radius 2 is 1.74 bits per heavy atom. The van der Waals surface area contributed by atoms with Crippen molar-refractivity contribution < 1.29 is 0 Å². The fraction of sp³-hybridized carbons (Fsp3) is 0. The first-order valence-corrected chi connectivity index (χ1v) is 5.92. The molecule has 1 N–H and O–H groups in total. The van der Waals surface area contributed by atoms with Gasteiger partial charge in [-0.1, -0.05) is 12.1 Å². The van der Waals surface area contributed by atoms with Crippen LogP contribution in [-0.4, -0.2) is 24.9 Å². The van der Waals surface area contributed by atoms with Crippen LogP contribution in [0.1, 0.15) is 0 Å². The zero-order valence-electron chi connectivity index (χ0n) is 9.91. The SMILES string of the molecule is c1ccc2nc(-c3nc4cnccc4[nH]3)cnc2c1. The van der Waals surface area contributed by atoms with Crippen LogP contribution in [0.15, 0.2) is 48.9 Å². The molecule has 0 saturated heterocycles. The Morgan fingerprint density at radius 3 is 2.63 bits per heavy atom. The third-order valence-electron chi connectivity index (χ3n) is 2.98. The molecule has 90 valence electrons. The van der Waals surface area contributed by atoms with E-state index in [-0.39, 0.29) is 0 Å². The van der Waals surface area contributed by atoms with Crippen molar-refractivity contribution in [3.63, 3.8) is 0 Å². The molecule has 0 aliphatic heterocycles. The molecule has 4 aromatic rings. The number of aromatic nitrogens is 5. The van der Waals surface area contributed by atoms with Gasteiger partial charge in [0.05, 0.1) is 28.9 Å². The number of H-pyrrole nitrogens is 1. The summed E-state index contributed by atoms with van der Waals surface area (Å²) in [5, 5.41) is 0.